The Labute approximate surface area is 159 Å². The minimum absolute atomic E-state index is 0.206. The molecule has 0 saturated heterocycles. The number of Topliss-reactive ketones (excluding diaryl/α,β-unsaturated/α-hetero) is 1. The molecule has 1 atom stereocenters. The van der Waals surface area contributed by atoms with E-state index in [9.17, 15) is 14.4 Å². The summed E-state index contributed by atoms with van der Waals surface area (Å²) in [6, 6.07) is 8.16. The molecule has 2 rings (SSSR count). The second-order valence-corrected chi connectivity index (χ2v) is 6.54. The summed E-state index contributed by atoms with van der Waals surface area (Å²) in [6.07, 6.45) is 0. The van der Waals surface area contributed by atoms with Crippen molar-refractivity contribution in [3.05, 3.63) is 58.4 Å². The Morgan fingerprint density at radius 2 is 1.74 bits per heavy atom. The molecule has 6 nitrogen and oxygen atoms in total. The van der Waals surface area contributed by atoms with Gasteiger partial charge >= 0.3 is 5.97 Å². The zero-order valence-electron chi connectivity index (χ0n) is 16.7. The van der Waals surface area contributed by atoms with Crippen LogP contribution in [0.15, 0.2) is 30.3 Å². The van der Waals surface area contributed by atoms with Crippen molar-refractivity contribution < 1.29 is 19.1 Å². The smallest absolute Gasteiger partial charge is 0.355 e. The number of carbonyl (C=O) groups is 3. The van der Waals surface area contributed by atoms with E-state index in [1.54, 1.807) is 70.6 Å². The Kier molecular flexibility index (Phi) is 6.20. The summed E-state index contributed by atoms with van der Waals surface area (Å²) < 4.78 is 6.78. The molecule has 27 heavy (non-hydrogen) atoms. The number of amides is 1. The molecule has 1 unspecified atom stereocenters. The third-order valence-corrected chi connectivity index (χ3v) is 4.95. The Bertz CT molecular complexity index is 868. The lowest BCUT2D eigenvalue weighted by atomic mass is 9.99. The number of hydrogen-bond donors (Lipinski definition) is 0. The molecule has 0 aliphatic heterocycles. The highest BCUT2D eigenvalue weighted by molar-refractivity contribution is 6.07. The van der Waals surface area contributed by atoms with Gasteiger partial charge in [0, 0.05) is 30.9 Å². The maximum atomic E-state index is 13.2. The Morgan fingerprint density at radius 1 is 1.15 bits per heavy atom. The molecule has 0 fully saturated rings. The van der Waals surface area contributed by atoms with Gasteiger partial charge in [0.25, 0.3) is 5.91 Å². The van der Waals surface area contributed by atoms with Crippen LogP contribution in [0.4, 0.5) is 0 Å². The van der Waals surface area contributed by atoms with Crippen molar-refractivity contribution in [2.24, 2.45) is 7.05 Å². The average Bonchev–Trinajstić information content (AvgIpc) is 2.89. The highest BCUT2D eigenvalue weighted by Gasteiger charge is 2.31. The van der Waals surface area contributed by atoms with Gasteiger partial charge in [-0.2, -0.15) is 0 Å². The Hall–Kier alpha value is -2.89. The SMILES string of the molecule is CCOC(=O)c1c(C)c(C(=O)C(C)N(C)C(=O)c2ccccc2)c(C)n1C. The van der Waals surface area contributed by atoms with Crippen LogP contribution in [-0.4, -0.2) is 46.8 Å². The van der Waals surface area contributed by atoms with Crippen molar-refractivity contribution in [2.45, 2.75) is 33.7 Å². The molecule has 0 spiro atoms. The van der Waals surface area contributed by atoms with Crippen LogP contribution in [0.5, 0.6) is 0 Å². The summed E-state index contributed by atoms with van der Waals surface area (Å²) in [5, 5.41) is 0. The van der Waals surface area contributed by atoms with Crippen LogP contribution in [0.2, 0.25) is 0 Å². The number of nitrogens with zero attached hydrogens (tertiary/aromatic N) is 2. The van der Waals surface area contributed by atoms with Crippen LogP contribution in [0.25, 0.3) is 0 Å². The van der Waals surface area contributed by atoms with E-state index in [1.165, 1.54) is 4.90 Å². The first-order chi connectivity index (χ1) is 12.7. The summed E-state index contributed by atoms with van der Waals surface area (Å²) >= 11 is 0. The Morgan fingerprint density at radius 3 is 2.30 bits per heavy atom. The monoisotopic (exact) mass is 370 g/mol. The number of carbonyl (C=O) groups excluding carboxylic acids is 3. The van der Waals surface area contributed by atoms with Crippen molar-refractivity contribution in [2.75, 3.05) is 13.7 Å². The van der Waals surface area contributed by atoms with E-state index in [4.69, 9.17) is 4.74 Å². The van der Waals surface area contributed by atoms with Crippen LogP contribution < -0.4 is 0 Å². The number of likely N-dealkylation sites (N-methyl/N-ethyl adjacent to an activating group) is 1. The van der Waals surface area contributed by atoms with Gasteiger partial charge in [-0.05, 0) is 45.4 Å². The second-order valence-electron chi connectivity index (χ2n) is 6.54. The molecule has 0 bridgehead atoms. The minimum Gasteiger partial charge on any atom is -0.461 e. The summed E-state index contributed by atoms with van der Waals surface area (Å²) in [5.41, 5.74) is 2.59. The summed E-state index contributed by atoms with van der Waals surface area (Å²) in [6.45, 7) is 7.21. The fraction of sp³-hybridized carbons (Fsp3) is 0.381. The molecule has 2 aromatic rings. The lowest BCUT2D eigenvalue weighted by molar-refractivity contribution is 0.0514. The van der Waals surface area contributed by atoms with Gasteiger partial charge in [-0.1, -0.05) is 18.2 Å². The first-order valence-corrected chi connectivity index (χ1v) is 8.91. The van der Waals surface area contributed by atoms with Gasteiger partial charge in [-0.15, -0.1) is 0 Å². The number of aromatic nitrogens is 1. The lowest BCUT2D eigenvalue weighted by Crippen LogP contribution is -2.40. The van der Waals surface area contributed by atoms with Gasteiger partial charge in [0.05, 0.1) is 12.6 Å². The number of rotatable bonds is 6. The summed E-state index contributed by atoms with van der Waals surface area (Å²) in [5.74, 6) is -0.891. The second kappa shape index (κ2) is 8.20. The lowest BCUT2D eigenvalue weighted by Gasteiger charge is -2.24. The van der Waals surface area contributed by atoms with Gasteiger partial charge in [0.15, 0.2) is 5.78 Å². The van der Waals surface area contributed by atoms with Crippen molar-refractivity contribution in [3.8, 4) is 0 Å². The maximum Gasteiger partial charge on any atom is 0.355 e. The normalized spacial score (nSPS) is 11.8. The third kappa shape index (κ3) is 3.79. The molecule has 6 heteroatoms. The fourth-order valence-electron chi connectivity index (χ4n) is 3.17. The zero-order valence-corrected chi connectivity index (χ0v) is 16.7. The molecule has 0 saturated carbocycles. The van der Waals surface area contributed by atoms with Crippen LogP contribution in [-0.2, 0) is 11.8 Å². The average molecular weight is 370 g/mol. The van der Waals surface area contributed by atoms with Crippen LogP contribution in [0.3, 0.4) is 0 Å². The fourth-order valence-corrected chi connectivity index (χ4v) is 3.17. The largest absolute Gasteiger partial charge is 0.461 e. The van der Waals surface area contributed by atoms with Gasteiger partial charge in [0.1, 0.15) is 5.69 Å². The standard InChI is InChI=1S/C21H26N2O4/c1-7-27-21(26)18-13(2)17(14(3)22(18)5)19(24)15(4)23(6)20(25)16-11-9-8-10-12-16/h8-12,15H,7H2,1-6H3. The van der Waals surface area contributed by atoms with E-state index >= 15 is 0 Å². The molecule has 1 heterocycles. The van der Waals surface area contributed by atoms with Gasteiger partial charge < -0.3 is 14.2 Å². The summed E-state index contributed by atoms with van der Waals surface area (Å²) in [4.78, 5) is 39.5. The molecular formula is C21H26N2O4. The van der Waals surface area contributed by atoms with Gasteiger partial charge in [0.2, 0.25) is 0 Å². The first-order valence-electron chi connectivity index (χ1n) is 8.91. The van der Waals surface area contributed by atoms with Crippen molar-refractivity contribution >= 4 is 17.7 Å². The highest BCUT2D eigenvalue weighted by Crippen LogP contribution is 2.24. The quantitative estimate of drug-likeness (QED) is 0.579. The third-order valence-electron chi connectivity index (χ3n) is 4.95. The van der Waals surface area contributed by atoms with Crippen LogP contribution >= 0.6 is 0 Å². The molecule has 0 radical (unpaired) electrons. The topological polar surface area (TPSA) is 68.6 Å². The number of benzene rings is 1. The predicted molar refractivity (Wildman–Crippen MR) is 103 cm³/mol. The molecule has 0 aliphatic carbocycles. The van der Waals surface area contributed by atoms with E-state index in [-0.39, 0.29) is 18.3 Å². The molecule has 144 valence electrons. The minimum atomic E-state index is -0.674. The zero-order chi connectivity index (χ0) is 20.3. The number of hydrogen-bond acceptors (Lipinski definition) is 4. The molecule has 0 N–H and O–H groups in total. The molecule has 0 aliphatic rings. The van der Waals surface area contributed by atoms with Crippen molar-refractivity contribution in [1.29, 1.82) is 0 Å². The first kappa shape index (κ1) is 20.4. The molecule has 1 amide bonds. The molecule has 1 aromatic carbocycles. The van der Waals surface area contributed by atoms with Crippen molar-refractivity contribution in [3.63, 3.8) is 0 Å². The maximum absolute atomic E-state index is 13.2. The number of esters is 1. The number of ketones is 1. The number of ether oxygens (including phenoxy) is 1. The van der Waals surface area contributed by atoms with E-state index < -0.39 is 12.0 Å². The Balaban J connectivity index is 2.35. The van der Waals surface area contributed by atoms with Crippen LogP contribution in [0.1, 0.15) is 56.3 Å². The van der Waals surface area contributed by atoms with Gasteiger partial charge in [-0.3, -0.25) is 9.59 Å². The van der Waals surface area contributed by atoms with Crippen LogP contribution in [0, 0.1) is 13.8 Å². The highest BCUT2D eigenvalue weighted by atomic mass is 16.5. The van der Waals surface area contributed by atoms with E-state index in [0.29, 0.717) is 28.1 Å². The predicted octanol–water partition coefficient (Wildman–Crippen LogP) is 3.16. The van der Waals surface area contributed by atoms with E-state index in [0.717, 1.165) is 0 Å². The molecular weight excluding hydrogens is 344 g/mol. The van der Waals surface area contributed by atoms with E-state index in [2.05, 4.69) is 0 Å². The molecule has 1 aromatic heterocycles. The summed E-state index contributed by atoms with van der Waals surface area (Å²) in [7, 11) is 3.34. The van der Waals surface area contributed by atoms with Gasteiger partial charge in [-0.25, -0.2) is 4.79 Å². The van der Waals surface area contributed by atoms with Crippen molar-refractivity contribution in [1.82, 2.24) is 9.47 Å². The van der Waals surface area contributed by atoms with E-state index in [1.807, 2.05) is 6.07 Å².